The third-order valence-corrected chi connectivity index (χ3v) is 4.09. The molecule has 6 nitrogen and oxygen atoms in total. The lowest BCUT2D eigenvalue weighted by Gasteiger charge is -2.21. The summed E-state index contributed by atoms with van der Waals surface area (Å²) in [5.74, 6) is 1.70. The molecule has 1 aromatic heterocycles. The smallest absolute Gasteiger partial charge is 0.226 e. The summed E-state index contributed by atoms with van der Waals surface area (Å²) in [5, 5.41) is 4.11. The minimum atomic E-state index is 0.169. The predicted molar refractivity (Wildman–Crippen MR) is 88.5 cm³/mol. The molecule has 2 aromatic rings. The molecule has 6 heteroatoms. The Hall–Kier alpha value is -2.34. The third-order valence-electron chi connectivity index (χ3n) is 4.09. The Labute approximate surface area is 141 Å². The van der Waals surface area contributed by atoms with Crippen LogP contribution in [0.15, 0.2) is 34.9 Å². The van der Waals surface area contributed by atoms with Crippen LogP contribution in [0.3, 0.4) is 0 Å². The van der Waals surface area contributed by atoms with E-state index in [1.165, 1.54) is 0 Å². The summed E-state index contributed by atoms with van der Waals surface area (Å²) in [6, 6.07) is 9.47. The number of hydrogen-bond donors (Lipinski definition) is 0. The highest BCUT2D eigenvalue weighted by Gasteiger charge is 2.33. The predicted octanol–water partition coefficient (Wildman–Crippen LogP) is 2.74. The fourth-order valence-corrected chi connectivity index (χ4v) is 2.61. The molecule has 3 rings (SSSR count). The third kappa shape index (κ3) is 3.76. The molecule has 0 radical (unpaired) electrons. The van der Waals surface area contributed by atoms with Gasteiger partial charge in [0.2, 0.25) is 5.91 Å². The van der Waals surface area contributed by atoms with Gasteiger partial charge in [0.25, 0.3) is 0 Å². The zero-order chi connectivity index (χ0) is 16.9. The number of carbonyl (C=O) groups excluding carboxylic acids is 1. The zero-order valence-electron chi connectivity index (χ0n) is 14.0. The van der Waals surface area contributed by atoms with E-state index in [0.717, 1.165) is 29.8 Å². The monoisotopic (exact) mass is 330 g/mol. The number of carbonyl (C=O) groups is 1. The van der Waals surface area contributed by atoms with Gasteiger partial charge >= 0.3 is 0 Å². The second-order valence-electron chi connectivity index (χ2n) is 5.91. The summed E-state index contributed by atoms with van der Waals surface area (Å²) in [6.07, 6.45) is 1.96. The van der Waals surface area contributed by atoms with Crippen molar-refractivity contribution in [2.75, 3.05) is 27.4 Å². The molecule has 0 atom stereocenters. The van der Waals surface area contributed by atoms with Gasteiger partial charge in [-0.2, -0.15) is 0 Å². The lowest BCUT2D eigenvalue weighted by molar-refractivity contribution is -0.133. The maximum atomic E-state index is 12.4. The average Bonchev–Trinajstić information content (AvgIpc) is 3.37. The van der Waals surface area contributed by atoms with Gasteiger partial charge in [0.1, 0.15) is 11.4 Å². The molecule has 1 heterocycles. The number of benzene rings is 1. The maximum absolute atomic E-state index is 12.4. The molecule has 128 valence electrons. The van der Waals surface area contributed by atoms with Crippen LogP contribution in [0.4, 0.5) is 0 Å². The van der Waals surface area contributed by atoms with E-state index in [-0.39, 0.29) is 11.8 Å². The van der Waals surface area contributed by atoms with Crippen molar-refractivity contribution in [3.05, 3.63) is 36.0 Å². The van der Waals surface area contributed by atoms with Crippen molar-refractivity contribution >= 4 is 5.91 Å². The quantitative estimate of drug-likeness (QED) is 0.744. The summed E-state index contributed by atoms with van der Waals surface area (Å²) in [4.78, 5) is 14.2. The fraction of sp³-hybridized carbons (Fsp3) is 0.444. The van der Waals surface area contributed by atoms with E-state index in [4.69, 9.17) is 14.0 Å². The van der Waals surface area contributed by atoms with Crippen LogP contribution in [0.5, 0.6) is 5.75 Å². The Balaban J connectivity index is 1.74. The molecule has 1 aliphatic carbocycles. The topological polar surface area (TPSA) is 64.8 Å². The summed E-state index contributed by atoms with van der Waals surface area (Å²) < 4.78 is 15.9. The van der Waals surface area contributed by atoms with E-state index in [9.17, 15) is 4.79 Å². The first kappa shape index (κ1) is 16.5. The highest BCUT2D eigenvalue weighted by molar-refractivity contribution is 5.81. The largest absolute Gasteiger partial charge is 0.496 e. The Bertz CT molecular complexity index is 694. The summed E-state index contributed by atoms with van der Waals surface area (Å²) in [6.45, 7) is 1.50. The van der Waals surface area contributed by atoms with E-state index in [1.54, 1.807) is 19.1 Å². The maximum Gasteiger partial charge on any atom is 0.226 e. The number of methoxy groups -OCH3 is 2. The number of hydrogen-bond acceptors (Lipinski definition) is 5. The highest BCUT2D eigenvalue weighted by atomic mass is 16.5. The lowest BCUT2D eigenvalue weighted by Crippen LogP contribution is -2.34. The van der Waals surface area contributed by atoms with Crippen molar-refractivity contribution in [3.63, 3.8) is 0 Å². The van der Waals surface area contributed by atoms with Crippen molar-refractivity contribution in [2.45, 2.75) is 19.4 Å². The van der Waals surface area contributed by atoms with Gasteiger partial charge in [0, 0.05) is 25.6 Å². The number of ether oxygens (including phenoxy) is 2. The van der Waals surface area contributed by atoms with Crippen LogP contribution in [0.1, 0.15) is 18.5 Å². The Morgan fingerprint density at radius 2 is 2.12 bits per heavy atom. The van der Waals surface area contributed by atoms with Gasteiger partial charge in [0.05, 0.1) is 25.8 Å². The van der Waals surface area contributed by atoms with Crippen LogP contribution in [0.2, 0.25) is 0 Å². The van der Waals surface area contributed by atoms with Crippen LogP contribution < -0.4 is 4.74 Å². The van der Waals surface area contributed by atoms with Gasteiger partial charge in [0.15, 0.2) is 5.76 Å². The number of rotatable bonds is 8. The van der Waals surface area contributed by atoms with Crippen molar-refractivity contribution in [1.82, 2.24) is 10.1 Å². The zero-order valence-corrected chi connectivity index (χ0v) is 14.0. The number of amides is 1. The first-order valence-corrected chi connectivity index (χ1v) is 8.09. The second-order valence-corrected chi connectivity index (χ2v) is 5.91. The molecule has 0 aliphatic heterocycles. The van der Waals surface area contributed by atoms with E-state index in [0.29, 0.717) is 25.5 Å². The minimum Gasteiger partial charge on any atom is -0.496 e. The van der Waals surface area contributed by atoms with Crippen LogP contribution >= 0.6 is 0 Å². The van der Waals surface area contributed by atoms with Crippen LogP contribution in [0, 0.1) is 5.92 Å². The highest BCUT2D eigenvalue weighted by Crippen LogP contribution is 2.32. The average molecular weight is 330 g/mol. The molecule has 0 saturated heterocycles. The van der Waals surface area contributed by atoms with Gasteiger partial charge in [-0.05, 0) is 25.0 Å². The first-order valence-electron chi connectivity index (χ1n) is 8.09. The molecule has 24 heavy (non-hydrogen) atoms. The number of aromatic nitrogens is 1. The van der Waals surface area contributed by atoms with E-state index in [1.807, 2.05) is 30.3 Å². The van der Waals surface area contributed by atoms with Gasteiger partial charge in [-0.25, -0.2) is 0 Å². The molecular formula is C18H22N2O4. The molecular weight excluding hydrogens is 308 g/mol. The van der Waals surface area contributed by atoms with Crippen molar-refractivity contribution in [1.29, 1.82) is 0 Å². The fourth-order valence-electron chi connectivity index (χ4n) is 2.61. The molecule has 0 N–H and O–H groups in total. The first-order chi connectivity index (χ1) is 11.7. The van der Waals surface area contributed by atoms with E-state index in [2.05, 4.69) is 5.16 Å². The summed E-state index contributed by atoms with van der Waals surface area (Å²) in [5.41, 5.74) is 1.57. The molecule has 1 saturated carbocycles. The summed E-state index contributed by atoms with van der Waals surface area (Å²) >= 11 is 0. The van der Waals surface area contributed by atoms with Gasteiger partial charge in [-0.1, -0.05) is 17.3 Å². The van der Waals surface area contributed by atoms with Crippen LogP contribution in [-0.2, 0) is 16.1 Å². The standard InChI is InChI=1S/C18H22N2O4/c1-22-10-9-20(18(21)13-7-8-13)12-14-11-17(24-19-14)15-5-3-4-6-16(15)23-2/h3-6,11,13H,7-10,12H2,1-2H3. The molecule has 1 amide bonds. The second kappa shape index (κ2) is 7.49. The van der Waals surface area contributed by atoms with Crippen molar-refractivity contribution < 1.29 is 18.8 Å². The Morgan fingerprint density at radius 1 is 1.33 bits per heavy atom. The Morgan fingerprint density at radius 3 is 2.83 bits per heavy atom. The van der Waals surface area contributed by atoms with Crippen molar-refractivity contribution in [3.8, 4) is 17.1 Å². The van der Waals surface area contributed by atoms with E-state index >= 15 is 0 Å². The van der Waals surface area contributed by atoms with Crippen LogP contribution in [-0.4, -0.2) is 43.3 Å². The van der Waals surface area contributed by atoms with E-state index < -0.39 is 0 Å². The number of nitrogens with zero attached hydrogens (tertiary/aromatic N) is 2. The van der Waals surface area contributed by atoms with Crippen molar-refractivity contribution in [2.24, 2.45) is 5.92 Å². The van der Waals surface area contributed by atoms with Gasteiger partial charge < -0.3 is 18.9 Å². The number of para-hydroxylation sites is 1. The molecule has 1 fully saturated rings. The molecule has 1 aliphatic rings. The van der Waals surface area contributed by atoms with Gasteiger partial charge in [-0.3, -0.25) is 4.79 Å². The van der Waals surface area contributed by atoms with Gasteiger partial charge in [-0.15, -0.1) is 0 Å². The van der Waals surface area contributed by atoms with Crippen LogP contribution in [0.25, 0.3) is 11.3 Å². The molecule has 0 spiro atoms. The normalized spacial score (nSPS) is 13.8. The molecule has 1 aromatic carbocycles. The Kier molecular flexibility index (Phi) is 5.15. The SMILES string of the molecule is COCCN(Cc1cc(-c2ccccc2OC)on1)C(=O)C1CC1. The lowest BCUT2D eigenvalue weighted by atomic mass is 10.1. The molecule has 0 bridgehead atoms. The molecule has 0 unspecified atom stereocenters. The minimum absolute atomic E-state index is 0.169. The summed E-state index contributed by atoms with van der Waals surface area (Å²) in [7, 11) is 3.26.